The molecule has 0 aliphatic heterocycles. The van der Waals surface area contributed by atoms with Crippen LogP contribution in [0.5, 0.6) is 11.5 Å². The molecule has 0 saturated heterocycles. The lowest BCUT2D eigenvalue weighted by atomic mass is 10.1. The van der Waals surface area contributed by atoms with E-state index in [1.807, 2.05) is 42.6 Å². The molecule has 2 aromatic carbocycles. The molecule has 23 heavy (non-hydrogen) atoms. The van der Waals surface area contributed by atoms with E-state index in [0.717, 1.165) is 22.2 Å². The first-order chi connectivity index (χ1) is 11.2. The second-order valence-corrected chi connectivity index (χ2v) is 5.18. The maximum Gasteiger partial charge on any atom is 0.228 e. The Bertz CT molecular complexity index is 839. The van der Waals surface area contributed by atoms with E-state index in [9.17, 15) is 4.79 Å². The summed E-state index contributed by atoms with van der Waals surface area (Å²) in [4.78, 5) is 15.5. The maximum absolute atomic E-state index is 12.3. The van der Waals surface area contributed by atoms with Gasteiger partial charge in [-0.1, -0.05) is 6.07 Å². The number of benzene rings is 2. The van der Waals surface area contributed by atoms with Crippen molar-refractivity contribution in [3.05, 3.63) is 54.2 Å². The van der Waals surface area contributed by atoms with Gasteiger partial charge in [0.25, 0.3) is 0 Å². The van der Waals surface area contributed by atoms with Gasteiger partial charge in [-0.15, -0.1) is 0 Å². The lowest BCUT2D eigenvalue weighted by Gasteiger charge is -2.07. The van der Waals surface area contributed by atoms with E-state index in [0.29, 0.717) is 11.4 Å². The zero-order valence-corrected chi connectivity index (χ0v) is 13.1. The highest BCUT2D eigenvalue weighted by Crippen LogP contribution is 2.24. The molecular weight excluding hydrogens is 292 g/mol. The van der Waals surface area contributed by atoms with Crippen LogP contribution in [0.4, 0.5) is 5.69 Å². The van der Waals surface area contributed by atoms with Gasteiger partial charge in [0.05, 0.1) is 20.6 Å². The summed E-state index contributed by atoms with van der Waals surface area (Å²) in [5.41, 5.74) is 2.63. The van der Waals surface area contributed by atoms with E-state index in [-0.39, 0.29) is 12.3 Å². The SMILES string of the molecule is COc1cccc(NC(=O)Cc2c[nH]c3ccc(OC)cc23)c1. The molecule has 0 spiro atoms. The number of rotatable bonds is 5. The summed E-state index contributed by atoms with van der Waals surface area (Å²) in [7, 11) is 3.23. The second kappa shape index (κ2) is 6.44. The van der Waals surface area contributed by atoms with Crippen LogP contribution in [-0.2, 0) is 11.2 Å². The molecule has 3 rings (SSSR count). The Morgan fingerprint density at radius 3 is 2.65 bits per heavy atom. The van der Waals surface area contributed by atoms with Crippen LogP contribution in [0.15, 0.2) is 48.7 Å². The molecule has 0 bridgehead atoms. The number of H-pyrrole nitrogens is 1. The predicted molar refractivity (Wildman–Crippen MR) is 90.2 cm³/mol. The Morgan fingerprint density at radius 2 is 1.87 bits per heavy atom. The fourth-order valence-electron chi connectivity index (χ4n) is 2.51. The highest BCUT2D eigenvalue weighted by molar-refractivity contribution is 5.96. The third kappa shape index (κ3) is 3.29. The highest BCUT2D eigenvalue weighted by atomic mass is 16.5. The van der Waals surface area contributed by atoms with Crippen molar-refractivity contribution in [1.29, 1.82) is 0 Å². The number of aromatic amines is 1. The van der Waals surface area contributed by atoms with Crippen molar-refractivity contribution < 1.29 is 14.3 Å². The van der Waals surface area contributed by atoms with Crippen molar-refractivity contribution in [3.8, 4) is 11.5 Å². The van der Waals surface area contributed by atoms with Gasteiger partial charge in [0.1, 0.15) is 11.5 Å². The Kier molecular flexibility index (Phi) is 4.19. The summed E-state index contributed by atoms with van der Waals surface area (Å²) in [6.45, 7) is 0. The first-order valence-corrected chi connectivity index (χ1v) is 7.27. The molecule has 0 aliphatic carbocycles. The molecule has 1 amide bonds. The Balaban J connectivity index is 1.77. The zero-order valence-electron chi connectivity index (χ0n) is 13.1. The molecule has 0 radical (unpaired) electrons. The number of carbonyl (C=O) groups excluding carboxylic acids is 1. The fourth-order valence-corrected chi connectivity index (χ4v) is 2.51. The third-order valence-electron chi connectivity index (χ3n) is 3.68. The number of aromatic nitrogens is 1. The molecule has 0 aliphatic rings. The number of amides is 1. The standard InChI is InChI=1S/C18H18N2O3/c1-22-14-5-3-4-13(9-14)20-18(21)8-12-11-19-17-7-6-15(23-2)10-16(12)17/h3-7,9-11,19H,8H2,1-2H3,(H,20,21). The molecule has 2 N–H and O–H groups in total. The van der Waals surface area contributed by atoms with Gasteiger partial charge in [-0.05, 0) is 35.9 Å². The number of methoxy groups -OCH3 is 2. The minimum atomic E-state index is -0.0815. The zero-order chi connectivity index (χ0) is 16.2. The van der Waals surface area contributed by atoms with Crippen LogP contribution >= 0.6 is 0 Å². The summed E-state index contributed by atoms with van der Waals surface area (Å²) in [5, 5.41) is 3.88. The van der Waals surface area contributed by atoms with E-state index in [1.165, 1.54) is 0 Å². The topological polar surface area (TPSA) is 63.3 Å². The average molecular weight is 310 g/mol. The monoisotopic (exact) mass is 310 g/mol. The van der Waals surface area contributed by atoms with Gasteiger partial charge in [-0.2, -0.15) is 0 Å². The van der Waals surface area contributed by atoms with E-state index in [4.69, 9.17) is 9.47 Å². The van der Waals surface area contributed by atoms with Crippen LogP contribution < -0.4 is 14.8 Å². The molecule has 0 unspecified atom stereocenters. The molecule has 1 aromatic heterocycles. The van der Waals surface area contributed by atoms with Crippen molar-refractivity contribution in [1.82, 2.24) is 4.98 Å². The van der Waals surface area contributed by atoms with E-state index >= 15 is 0 Å². The van der Waals surface area contributed by atoms with E-state index in [1.54, 1.807) is 20.3 Å². The molecule has 5 nitrogen and oxygen atoms in total. The minimum Gasteiger partial charge on any atom is -0.497 e. The van der Waals surface area contributed by atoms with Gasteiger partial charge in [0, 0.05) is 28.9 Å². The first-order valence-electron chi connectivity index (χ1n) is 7.27. The molecule has 0 fully saturated rings. The smallest absolute Gasteiger partial charge is 0.228 e. The number of hydrogen-bond donors (Lipinski definition) is 2. The summed E-state index contributed by atoms with van der Waals surface area (Å²) in [6, 6.07) is 13.1. The lowest BCUT2D eigenvalue weighted by molar-refractivity contribution is -0.115. The summed E-state index contributed by atoms with van der Waals surface area (Å²) in [5.74, 6) is 1.40. The summed E-state index contributed by atoms with van der Waals surface area (Å²) >= 11 is 0. The first kappa shape index (κ1) is 15.0. The number of nitrogens with one attached hydrogen (secondary N) is 2. The van der Waals surface area contributed by atoms with Gasteiger partial charge in [-0.25, -0.2) is 0 Å². The number of ether oxygens (including phenoxy) is 2. The Morgan fingerprint density at radius 1 is 1.09 bits per heavy atom. The summed E-state index contributed by atoms with van der Waals surface area (Å²) in [6.07, 6.45) is 2.14. The second-order valence-electron chi connectivity index (χ2n) is 5.18. The average Bonchev–Trinajstić information content (AvgIpc) is 2.97. The quantitative estimate of drug-likeness (QED) is 0.759. The van der Waals surface area contributed by atoms with Gasteiger partial charge >= 0.3 is 0 Å². The largest absolute Gasteiger partial charge is 0.497 e. The van der Waals surface area contributed by atoms with Crippen LogP contribution in [0.1, 0.15) is 5.56 Å². The van der Waals surface area contributed by atoms with E-state index in [2.05, 4.69) is 10.3 Å². The van der Waals surface area contributed by atoms with Crippen molar-refractivity contribution in [2.75, 3.05) is 19.5 Å². The van der Waals surface area contributed by atoms with Crippen LogP contribution in [0.2, 0.25) is 0 Å². The molecule has 0 saturated carbocycles. The maximum atomic E-state index is 12.3. The normalized spacial score (nSPS) is 10.5. The van der Waals surface area contributed by atoms with Gasteiger partial charge in [0.2, 0.25) is 5.91 Å². The van der Waals surface area contributed by atoms with Crippen LogP contribution in [0.3, 0.4) is 0 Å². The number of fused-ring (bicyclic) bond motifs is 1. The van der Waals surface area contributed by atoms with Gasteiger partial charge in [-0.3, -0.25) is 4.79 Å². The minimum absolute atomic E-state index is 0.0815. The fraction of sp³-hybridized carbons (Fsp3) is 0.167. The van der Waals surface area contributed by atoms with Crippen LogP contribution in [-0.4, -0.2) is 25.1 Å². The van der Waals surface area contributed by atoms with E-state index < -0.39 is 0 Å². The van der Waals surface area contributed by atoms with Crippen molar-refractivity contribution in [3.63, 3.8) is 0 Å². The molecule has 3 aromatic rings. The van der Waals surface area contributed by atoms with Crippen molar-refractivity contribution >= 4 is 22.5 Å². The highest BCUT2D eigenvalue weighted by Gasteiger charge is 2.10. The van der Waals surface area contributed by atoms with Crippen molar-refractivity contribution in [2.45, 2.75) is 6.42 Å². The van der Waals surface area contributed by atoms with Gasteiger partial charge in [0.15, 0.2) is 0 Å². The molecule has 0 atom stereocenters. The third-order valence-corrected chi connectivity index (χ3v) is 3.68. The molecular formula is C18H18N2O3. The van der Waals surface area contributed by atoms with Crippen LogP contribution in [0, 0.1) is 0 Å². The Hall–Kier alpha value is -2.95. The number of carbonyl (C=O) groups is 1. The number of hydrogen-bond acceptors (Lipinski definition) is 3. The molecule has 1 heterocycles. The number of anilines is 1. The lowest BCUT2D eigenvalue weighted by Crippen LogP contribution is -2.14. The molecule has 118 valence electrons. The predicted octanol–water partition coefficient (Wildman–Crippen LogP) is 3.37. The Labute approximate surface area is 134 Å². The van der Waals surface area contributed by atoms with Gasteiger partial charge < -0.3 is 19.8 Å². The summed E-state index contributed by atoms with van der Waals surface area (Å²) < 4.78 is 10.4. The van der Waals surface area contributed by atoms with Crippen LogP contribution in [0.25, 0.3) is 10.9 Å². The van der Waals surface area contributed by atoms with Crippen molar-refractivity contribution in [2.24, 2.45) is 0 Å². The molecule has 5 heteroatoms.